The maximum Gasteiger partial charge on any atom is 0.326 e. The van der Waals surface area contributed by atoms with E-state index >= 15 is 0 Å². The molecule has 0 aliphatic heterocycles. The second kappa shape index (κ2) is 6.29. The number of carbonyl (C=O) groups is 1. The third kappa shape index (κ3) is 3.02. The molecule has 0 aromatic rings. The fraction of sp³-hybridized carbons (Fsp3) is 0.929. The van der Waals surface area contributed by atoms with Gasteiger partial charge in [-0.3, -0.25) is 4.79 Å². The Morgan fingerprint density at radius 1 is 1.33 bits per heavy atom. The first-order valence-electron chi connectivity index (χ1n) is 7.22. The Morgan fingerprint density at radius 2 is 2.06 bits per heavy atom. The third-order valence-corrected chi connectivity index (χ3v) is 5.94. The van der Waals surface area contributed by atoms with Crippen LogP contribution in [0.2, 0.25) is 0 Å². The van der Waals surface area contributed by atoms with Gasteiger partial charge in [0.2, 0.25) is 0 Å². The van der Waals surface area contributed by atoms with Crippen LogP contribution < -0.4 is 5.32 Å². The Kier molecular flexibility index (Phi) is 4.96. The third-order valence-electron chi connectivity index (χ3n) is 4.30. The Hall–Kier alpha value is -0.220. The van der Waals surface area contributed by atoms with Gasteiger partial charge in [0.1, 0.15) is 5.54 Å². The molecule has 2 aliphatic carbocycles. The van der Waals surface area contributed by atoms with Gasteiger partial charge in [-0.25, -0.2) is 0 Å². The van der Waals surface area contributed by atoms with Gasteiger partial charge in [0.25, 0.3) is 0 Å². The highest BCUT2D eigenvalue weighted by Crippen LogP contribution is 2.42. The number of carbonyl (C=O) groups excluding carboxylic acids is 1. The molecule has 18 heavy (non-hydrogen) atoms. The van der Waals surface area contributed by atoms with Crippen LogP contribution in [0, 0.1) is 0 Å². The summed E-state index contributed by atoms with van der Waals surface area (Å²) in [6.45, 7) is 2.35. The van der Waals surface area contributed by atoms with Gasteiger partial charge in [-0.2, -0.15) is 11.8 Å². The predicted molar refractivity (Wildman–Crippen MR) is 75.9 cm³/mol. The van der Waals surface area contributed by atoms with Crippen molar-refractivity contribution in [3.63, 3.8) is 0 Å². The van der Waals surface area contributed by atoms with E-state index in [1.54, 1.807) is 0 Å². The van der Waals surface area contributed by atoms with Crippen LogP contribution >= 0.6 is 11.8 Å². The summed E-state index contributed by atoms with van der Waals surface area (Å²) in [6.07, 6.45) is 8.51. The molecule has 0 amide bonds. The van der Waals surface area contributed by atoms with E-state index in [9.17, 15) is 4.79 Å². The zero-order valence-electron chi connectivity index (χ0n) is 11.5. The number of likely N-dealkylation sites (N-methyl/N-ethyl adjacent to an activating group) is 1. The molecule has 0 heterocycles. The van der Waals surface area contributed by atoms with Gasteiger partial charge < -0.3 is 10.1 Å². The normalized spacial score (nSPS) is 32.9. The van der Waals surface area contributed by atoms with Gasteiger partial charge >= 0.3 is 5.97 Å². The molecule has 2 rings (SSSR count). The van der Waals surface area contributed by atoms with Crippen LogP contribution in [-0.4, -0.2) is 35.7 Å². The molecule has 4 heteroatoms. The second-order valence-corrected chi connectivity index (χ2v) is 7.07. The number of rotatable bonds is 5. The lowest BCUT2D eigenvalue weighted by atomic mass is 9.98. The average Bonchev–Trinajstić information content (AvgIpc) is 3.00. The van der Waals surface area contributed by atoms with Crippen LogP contribution in [0.4, 0.5) is 0 Å². The summed E-state index contributed by atoms with van der Waals surface area (Å²) in [5.41, 5.74) is -0.410. The number of hydrogen-bond acceptors (Lipinski definition) is 4. The number of thioether (sulfide) groups is 1. The molecule has 2 saturated carbocycles. The average molecular weight is 271 g/mol. The van der Waals surface area contributed by atoms with Gasteiger partial charge in [-0.1, -0.05) is 12.8 Å². The first-order chi connectivity index (χ1) is 8.70. The highest BCUT2D eigenvalue weighted by Gasteiger charge is 2.46. The van der Waals surface area contributed by atoms with Crippen molar-refractivity contribution in [2.45, 2.75) is 67.9 Å². The number of esters is 1. The van der Waals surface area contributed by atoms with E-state index in [0.29, 0.717) is 11.9 Å². The molecule has 0 saturated heterocycles. The monoisotopic (exact) mass is 271 g/mol. The van der Waals surface area contributed by atoms with Crippen LogP contribution in [0.3, 0.4) is 0 Å². The summed E-state index contributed by atoms with van der Waals surface area (Å²) in [6, 6.07) is 0. The van der Waals surface area contributed by atoms with Gasteiger partial charge in [0, 0.05) is 10.5 Å². The molecule has 0 aromatic carbocycles. The van der Waals surface area contributed by atoms with E-state index in [1.807, 2.05) is 14.0 Å². The van der Waals surface area contributed by atoms with Crippen molar-refractivity contribution in [1.29, 1.82) is 0 Å². The lowest BCUT2D eigenvalue weighted by molar-refractivity contribution is -0.150. The van der Waals surface area contributed by atoms with Gasteiger partial charge in [-0.05, 0) is 46.1 Å². The Labute approximate surface area is 114 Å². The van der Waals surface area contributed by atoms with Gasteiger partial charge in [-0.15, -0.1) is 0 Å². The standard InChI is InChI=1S/C14H25NO2S/c1-3-17-13(16)14(15-2)9-8-12(10-14)18-11-6-4-5-7-11/h11-12,15H,3-10H2,1-2H3. The molecular weight excluding hydrogens is 246 g/mol. The molecule has 0 radical (unpaired) electrons. The first kappa shape index (κ1) is 14.2. The molecule has 2 fully saturated rings. The SMILES string of the molecule is CCOC(=O)C1(NC)CCC(SC2CCCC2)C1. The highest BCUT2D eigenvalue weighted by atomic mass is 32.2. The zero-order valence-corrected chi connectivity index (χ0v) is 12.4. The molecule has 2 unspecified atom stereocenters. The molecule has 0 spiro atoms. The largest absolute Gasteiger partial charge is 0.465 e. The van der Waals surface area contributed by atoms with Crippen molar-refractivity contribution in [3.05, 3.63) is 0 Å². The summed E-state index contributed by atoms with van der Waals surface area (Å²) in [5.74, 6) is -0.0537. The maximum atomic E-state index is 12.1. The van der Waals surface area contributed by atoms with Gasteiger partial charge in [0.05, 0.1) is 6.61 Å². The van der Waals surface area contributed by atoms with Crippen LogP contribution in [0.15, 0.2) is 0 Å². The van der Waals surface area contributed by atoms with Crippen LogP contribution in [0.25, 0.3) is 0 Å². The van der Waals surface area contributed by atoms with E-state index < -0.39 is 5.54 Å². The predicted octanol–water partition coefficient (Wildman–Crippen LogP) is 2.74. The van der Waals surface area contributed by atoms with E-state index in [-0.39, 0.29) is 5.97 Å². The minimum atomic E-state index is -0.410. The number of ether oxygens (including phenoxy) is 1. The van der Waals surface area contributed by atoms with Crippen LogP contribution in [-0.2, 0) is 9.53 Å². The summed E-state index contributed by atoms with van der Waals surface area (Å²) in [5, 5.41) is 4.70. The maximum absolute atomic E-state index is 12.1. The zero-order chi connectivity index (χ0) is 13.0. The second-order valence-electron chi connectivity index (χ2n) is 5.46. The highest BCUT2D eigenvalue weighted by molar-refractivity contribution is 8.00. The topological polar surface area (TPSA) is 38.3 Å². The van der Waals surface area contributed by atoms with Crippen molar-refractivity contribution >= 4 is 17.7 Å². The molecular formula is C14H25NO2S. The molecule has 0 bridgehead atoms. The lowest BCUT2D eigenvalue weighted by Gasteiger charge is -2.26. The molecule has 3 nitrogen and oxygen atoms in total. The molecule has 2 aliphatic rings. The summed E-state index contributed by atoms with van der Waals surface area (Å²) in [4.78, 5) is 12.1. The summed E-state index contributed by atoms with van der Waals surface area (Å²) < 4.78 is 5.23. The first-order valence-corrected chi connectivity index (χ1v) is 8.16. The smallest absolute Gasteiger partial charge is 0.326 e. The van der Waals surface area contributed by atoms with Crippen molar-refractivity contribution in [1.82, 2.24) is 5.32 Å². The van der Waals surface area contributed by atoms with Crippen LogP contribution in [0.5, 0.6) is 0 Å². The Morgan fingerprint density at radius 3 is 2.67 bits per heavy atom. The lowest BCUT2D eigenvalue weighted by Crippen LogP contribution is -2.49. The van der Waals surface area contributed by atoms with Crippen molar-refractivity contribution in [2.75, 3.05) is 13.7 Å². The van der Waals surface area contributed by atoms with E-state index in [4.69, 9.17) is 4.74 Å². The van der Waals surface area contributed by atoms with Crippen molar-refractivity contribution in [3.8, 4) is 0 Å². The molecule has 1 N–H and O–H groups in total. The number of nitrogens with one attached hydrogen (secondary N) is 1. The van der Waals surface area contributed by atoms with Gasteiger partial charge in [0.15, 0.2) is 0 Å². The Balaban J connectivity index is 1.89. The van der Waals surface area contributed by atoms with Crippen LogP contribution in [0.1, 0.15) is 51.9 Å². The minimum Gasteiger partial charge on any atom is -0.465 e. The van der Waals surface area contributed by atoms with Crippen molar-refractivity contribution < 1.29 is 9.53 Å². The number of hydrogen-bond donors (Lipinski definition) is 1. The summed E-state index contributed by atoms with van der Waals surface area (Å²) in [7, 11) is 1.89. The molecule has 0 aromatic heterocycles. The van der Waals surface area contributed by atoms with Crippen molar-refractivity contribution in [2.24, 2.45) is 0 Å². The fourth-order valence-corrected chi connectivity index (χ4v) is 4.98. The molecule has 2 atom stereocenters. The Bertz CT molecular complexity index is 292. The molecule has 104 valence electrons. The minimum absolute atomic E-state index is 0.0537. The van der Waals surface area contributed by atoms with E-state index in [0.717, 1.165) is 24.5 Å². The quantitative estimate of drug-likeness (QED) is 0.780. The summed E-state index contributed by atoms with van der Waals surface area (Å²) >= 11 is 2.12. The van der Waals surface area contributed by atoms with E-state index in [2.05, 4.69) is 17.1 Å². The van der Waals surface area contributed by atoms with E-state index in [1.165, 1.54) is 25.7 Å². The fourth-order valence-electron chi connectivity index (χ4n) is 3.20.